The molecule has 7 heteroatoms. The van der Waals surface area contributed by atoms with Crippen molar-refractivity contribution in [3.63, 3.8) is 0 Å². The van der Waals surface area contributed by atoms with E-state index >= 15 is 0 Å². The highest BCUT2D eigenvalue weighted by Crippen LogP contribution is 2.36. The molecule has 1 amide bonds. The van der Waals surface area contributed by atoms with E-state index in [2.05, 4.69) is 4.99 Å². The lowest BCUT2D eigenvalue weighted by Crippen LogP contribution is -2.51. The normalized spacial score (nSPS) is 24.9. The Kier molecular flexibility index (Phi) is 5.30. The highest BCUT2D eigenvalue weighted by molar-refractivity contribution is 6.04. The van der Waals surface area contributed by atoms with Gasteiger partial charge in [-0.05, 0) is 56.0 Å². The molecule has 150 valence electrons. The summed E-state index contributed by atoms with van der Waals surface area (Å²) in [5, 5.41) is 21.1. The van der Waals surface area contributed by atoms with Gasteiger partial charge in [-0.2, -0.15) is 0 Å². The molecule has 0 spiro atoms. The zero-order valence-corrected chi connectivity index (χ0v) is 16.6. The number of aliphatic imine (C=N–C) groups is 1. The molecule has 0 aromatic heterocycles. The molecule has 2 aliphatic heterocycles. The molecule has 3 atom stereocenters. The topological polar surface area (TPSA) is 76.4 Å². The number of amides is 1. The van der Waals surface area contributed by atoms with E-state index in [1.165, 1.54) is 17.0 Å². The summed E-state index contributed by atoms with van der Waals surface area (Å²) < 4.78 is 13.0. The van der Waals surface area contributed by atoms with Gasteiger partial charge < -0.3 is 20.0 Å². The Bertz CT molecular complexity index is 860. The van der Waals surface area contributed by atoms with Crippen molar-refractivity contribution in [1.82, 2.24) is 9.80 Å². The number of aliphatic hydroxyl groups is 2. The maximum Gasteiger partial charge on any atom is 0.251 e. The Balaban J connectivity index is 1.78. The van der Waals surface area contributed by atoms with Gasteiger partial charge in [0.1, 0.15) is 5.82 Å². The number of nitrogens with zero attached hydrogens (tertiary/aromatic N) is 3. The van der Waals surface area contributed by atoms with Gasteiger partial charge in [-0.1, -0.05) is 12.1 Å². The number of likely N-dealkylation sites (N-methyl/N-ethyl adjacent to an activating group) is 1. The van der Waals surface area contributed by atoms with Crippen molar-refractivity contribution in [2.75, 3.05) is 14.1 Å². The monoisotopic (exact) mass is 387 g/mol. The molecule has 0 fully saturated rings. The third-order valence-corrected chi connectivity index (χ3v) is 5.55. The maximum atomic E-state index is 13.0. The summed E-state index contributed by atoms with van der Waals surface area (Å²) in [6.07, 6.45) is 3.62. The van der Waals surface area contributed by atoms with Crippen LogP contribution in [0.15, 0.2) is 52.9 Å². The number of hydrogen-bond acceptors (Lipinski definition) is 5. The van der Waals surface area contributed by atoms with E-state index in [4.69, 9.17) is 0 Å². The number of aliphatic hydroxyl groups excluding tert-OH is 2. The van der Waals surface area contributed by atoms with Crippen LogP contribution in [0.25, 0.3) is 0 Å². The molecule has 0 radical (unpaired) electrons. The van der Waals surface area contributed by atoms with Gasteiger partial charge >= 0.3 is 0 Å². The first-order valence-electron chi connectivity index (χ1n) is 9.29. The van der Waals surface area contributed by atoms with E-state index in [0.717, 1.165) is 0 Å². The molecule has 28 heavy (non-hydrogen) atoms. The first-order valence-corrected chi connectivity index (χ1v) is 9.29. The molecule has 2 heterocycles. The van der Waals surface area contributed by atoms with Gasteiger partial charge in [-0.25, -0.2) is 9.38 Å². The number of carbonyl (C=O) groups is 1. The molecule has 3 rings (SSSR count). The van der Waals surface area contributed by atoms with Crippen LogP contribution in [-0.4, -0.2) is 57.4 Å². The Morgan fingerprint density at radius 1 is 1.36 bits per heavy atom. The Morgan fingerprint density at radius 2 is 2.00 bits per heavy atom. The second kappa shape index (κ2) is 7.39. The van der Waals surface area contributed by atoms with Crippen molar-refractivity contribution in [2.24, 2.45) is 4.99 Å². The summed E-state index contributed by atoms with van der Waals surface area (Å²) in [6, 6.07) is 5.49. The molecule has 0 saturated heterocycles. The van der Waals surface area contributed by atoms with Crippen LogP contribution in [0.4, 0.5) is 4.39 Å². The molecule has 1 aromatic carbocycles. The second-order valence-electron chi connectivity index (χ2n) is 7.66. The van der Waals surface area contributed by atoms with Crippen LogP contribution in [0.1, 0.15) is 38.4 Å². The minimum absolute atomic E-state index is 0.0240. The Morgan fingerprint density at radius 3 is 2.61 bits per heavy atom. The number of allylic oxidation sites excluding steroid dienone is 2. The fraction of sp³-hybridized carbons (Fsp3) is 0.429. The maximum absolute atomic E-state index is 13.0. The molecule has 3 unspecified atom stereocenters. The summed E-state index contributed by atoms with van der Waals surface area (Å²) in [4.78, 5) is 20.5. The molecular formula is C21H26FN3O3. The molecule has 6 nitrogen and oxygen atoms in total. The van der Waals surface area contributed by atoms with Crippen LogP contribution >= 0.6 is 0 Å². The number of fused-ring (bicyclic) bond motifs is 1. The van der Waals surface area contributed by atoms with Crippen LogP contribution in [-0.2, 0) is 4.79 Å². The molecule has 0 aliphatic carbocycles. The standard InChI is InChI=1S/C21H26FN3O3/c1-13-21(2,20(28)24(3)4)23-19-18(27)15(11-12-25(13)19)7-10-17(26)14-5-8-16(22)9-6-14/h5-6,8-9,11-13,17,26-27H,7,10H2,1-4H3. The smallest absolute Gasteiger partial charge is 0.251 e. The summed E-state index contributed by atoms with van der Waals surface area (Å²) in [5.74, 6) is -0.0819. The molecule has 1 aromatic rings. The molecular weight excluding hydrogens is 361 g/mol. The van der Waals surface area contributed by atoms with Crippen molar-refractivity contribution in [3.05, 3.63) is 59.3 Å². The van der Waals surface area contributed by atoms with E-state index in [-0.39, 0.29) is 23.5 Å². The van der Waals surface area contributed by atoms with Gasteiger partial charge in [-0.3, -0.25) is 4.79 Å². The lowest BCUT2D eigenvalue weighted by Gasteiger charge is -2.32. The number of amidine groups is 1. The van der Waals surface area contributed by atoms with Crippen molar-refractivity contribution < 1.29 is 19.4 Å². The Hall–Kier alpha value is -2.67. The van der Waals surface area contributed by atoms with Crippen LogP contribution in [0.5, 0.6) is 0 Å². The first-order chi connectivity index (χ1) is 13.1. The third-order valence-electron chi connectivity index (χ3n) is 5.55. The summed E-state index contributed by atoms with van der Waals surface area (Å²) in [5.41, 5.74) is 0.282. The van der Waals surface area contributed by atoms with Gasteiger partial charge in [0.05, 0.1) is 12.1 Å². The van der Waals surface area contributed by atoms with E-state index in [1.54, 1.807) is 44.1 Å². The van der Waals surface area contributed by atoms with Crippen molar-refractivity contribution in [1.29, 1.82) is 0 Å². The van der Waals surface area contributed by atoms with Crippen LogP contribution in [0.3, 0.4) is 0 Å². The zero-order chi connectivity index (χ0) is 20.6. The van der Waals surface area contributed by atoms with E-state index in [1.807, 2.05) is 13.1 Å². The highest BCUT2D eigenvalue weighted by atomic mass is 19.1. The van der Waals surface area contributed by atoms with Crippen molar-refractivity contribution >= 4 is 11.7 Å². The zero-order valence-electron chi connectivity index (χ0n) is 16.6. The lowest BCUT2D eigenvalue weighted by molar-refractivity contribution is -0.134. The number of benzene rings is 1. The number of hydrogen-bond donors (Lipinski definition) is 2. The fourth-order valence-electron chi connectivity index (χ4n) is 3.62. The van der Waals surface area contributed by atoms with Gasteiger partial charge in [-0.15, -0.1) is 0 Å². The quantitative estimate of drug-likeness (QED) is 0.815. The largest absolute Gasteiger partial charge is 0.504 e. The highest BCUT2D eigenvalue weighted by Gasteiger charge is 2.50. The molecule has 0 bridgehead atoms. The first kappa shape index (κ1) is 20.1. The second-order valence-corrected chi connectivity index (χ2v) is 7.66. The molecule has 2 aliphatic rings. The fourth-order valence-corrected chi connectivity index (χ4v) is 3.62. The minimum atomic E-state index is -0.986. The molecule has 2 N–H and O–H groups in total. The van der Waals surface area contributed by atoms with E-state index in [0.29, 0.717) is 29.8 Å². The predicted octanol–water partition coefficient (Wildman–Crippen LogP) is 2.93. The van der Waals surface area contributed by atoms with Gasteiger partial charge in [0.15, 0.2) is 17.1 Å². The summed E-state index contributed by atoms with van der Waals surface area (Å²) in [7, 11) is 3.37. The SMILES string of the molecule is CC1N2C=CC(CCC(O)c3ccc(F)cc3)=C(O)C2=NC1(C)C(=O)N(C)C. The minimum Gasteiger partial charge on any atom is -0.504 e. The van der Waals surface area contributed by atoms with E-state index < -0.39 is 11.6 Å². The summed E-state index contributed by atoms with van der Waals surface area (Å²) in [6.45, 7) is 3.67. The van der Waals surface area contributed by atoms with Crippen LogP contribution < -0.4 is 0 Å². The van der Waals surface area contributed by atoms with Crippen LogP contribution in [0, 0.1) is 5.82 Å². The number of halogens is 1. The molecule has 0 saturated carbocycles. The van der Waals surface area contributed by atoms with Crippen molar-refractivity contribution in [3.8, 4) is 0 Å². The average molecular weight is 387 g/mol. The van der Waals surface area contributed by atoms with Crippen molar-refractivity contribution in [2.45, 2.75) is 44.4 Å². The van der Waals surface area contributed by atoms with Gasteiger partial charge in [0.25, 0.3) is 5.91 Å². The van der Waals surface area contributed by atoms with Gasteiger partial charge in [0, 0.05) is 20.3 Å². The lowest BCUT2D eigenvalue weighted by atomic mass is 9.93. The van der Waals surface area contributed by atoms with Crippen LogP contribution in [0.2, 0.25) is 0 Å². The number of carbonyl (C=O) groups excluding carboxylic acids is 1. The Labute approximate surface area is 164 Å². The summed E-state index contributed by atoms with van der Waals surface area (Å²) >= 11 is 0. The third kappa shape index (κ3) is 3.42. The van der Waals surface area contributed by atoms with E-state index in [9.17, 15) is 19.4 Å². The number of rotatable bonds is 5. The predicted molar refractivity (Wildman–Crippen MR) is 105 cm³/mol. The van der Waals surface area contributed by atoms with Gasteiger partial charge in [0.2, 0.25) is 0 Å². The average Bonchev–Trinajstić information content (AvgIpc) is 2.93.